The molecule has 1 atom stereocenters. The third-order valence-electron chi connectivity index (χ3n) is 2.97. The highest BCUT2D eigenvalue weighted by molar-refractivity contribution is 5.93. The molecule has 1 aromatic carbocycles. The Morgan fingerprint density at radius 3 is 3.17 bits per heavy atom. The molecule has 0 spiro atoms. The van der Waals surface area contributed by atoms with E-state index >= 15 is 0 Å². The smallest absolute Gasteiger partial charge is 0.274 e. The number of hydrogen-bond donors (Lipinski definition) is 2. The molecule has 0 aromatic heterocycles. The Balaban J connectivity index is 1.74. The molecule has 0 aliphatic carbocycles. The zero-order valence-electron chi connectivity index (χ0n) is 10.1. The van der Waals surface area contributed by atoms with Crippen molar-refractivity contribution in [1.82, 2.24) is 10.8 Å². The number of hydroxylamine groups is 1. The van der Waals surface area contributed by atoms with Gasteiger partial charge in [0.05, 0.1) is 6.61 Å². The summed E-state index contributed by atoms with van der Waals surface area (Å²) in [6.07, 6.45) is 2.23. The second-order valence-electron chi connectivity index (χ2n) is 4.46. The van der Waals surface area contributed by atoms with E-state index in [-0.39, 0.29) is 5.56 Å². The topological polar surface area (TPSA) is 50.4 Å². The van der Waals surface area contributed by atoms with E-state index in [4.69, 9.17) is 4.84 Å². The molecule has 1 heterocycles. The maximum absolute atomic E-state index is 12.9. The summed E-state index contributed by atoms with van der Waals surface area (Å²) in [5.41, 5.74) is 2.60. The lowest BCUT2D eigenvalue weighted by atomic mass is 10.0. The number of benzene rings is 1. The van der Waals surface area contributed by atoms with Gasteiger partial charge in [0.2, 0.25) is 0 Å². The molecule has 2 N–H and O–H groups in total. The van der Waals surface area contributed by atoms with Crippen molar-refractivity contribution in [3.8, 4) is 0 Å². The number of rotatable bonds is 4. The van der Waals surface area contributed by atoms with Crippen molar-refractivity contribution in [1.29, 1.82) is 0 Å². The van der Waals surface area contributed by atoms with Gasteiger partial charge in [-0.2, -0.15) is 0 Å². The Morgan fingerprint density at radius 2 is 2.44 bits per heavy atom. The minimum absolute atomic E-state index is 0.261. The van der Waals surface area contributed by atoms with E-state index in [1.807, 2.05) is 0 Å². The quantitative estimate of drug-likeness (QED) is 0.798. The molecule has 1 fully saturated rings. The van der Waals surface area contributed by atoms with E-state index in [0.29, 0.717) is 12.5 Å². The molecule has 1 aliphatic rings. The number of halogens is 1. The van der Waals surface area contributed by atoms with Crippen LogP contribution in [0.5, 0.6) is 0 Å². The molecule has 0 radical (unpaired) electrons. The fraction of sp³-hybridized carbons (Fsp3) is 0.462. The summed E-state index contributed by atoms with van der Waals surface area (Å²) in [6, 6.07) is 5.52. The maximum Gasteiger partial charge on any atom is 0.274 e. The second-order valence-corrected chi connectivity index (χ2v) is 4.46. The highest BCUT2D eigenvalue weighted by Crippen LogP contribution is 2.09. The minimum atomic E-state index is -0.431. The van der Waals surface area contributed by atoms with Crippen molar-refractivity contribution in [2.24, 2.45) is 5.92 Å². The van der Waals surface area contributed by atoms with Crippen LogP contribution >= 0.6 is 0 Å². The third-order valence-corrected chi connectivity index (χ3v) is 2.97. The van der Waals surface area contributed by atoms with Crippen molar-refractivity contribution in [3.63, 3.8) is 0 Å². The molecule has 4 nitrogen and oxygen atoms in total. The summed E-state index contributed by atoms with van der Waals surface area (Å²) < 4.78 is 12.9. The van der Waals surface area contributed by atoms with E-state index in [1.165, 1.54) is 18.2 Å². The van der Waals surface area contributed by atoms with Crippen molar-refractivity contribution in [2.45, 2.75) is 12.8 Å². The van der Waals surface area contributed by atoms with Gasteiger partial charge in [0.25, 0.3) is 5.91 Å². The largest absolute Gasteiger partial charge is 0.316 e. The molecule has 0 saturated carbocycles. The standard InChI is InChI=1S/C13H17FN2O2/c14-12-5-1-4-11(7-12)13(17)16-18-9-10-3-2-6-15-8-10/h1,4-5,7,10,15H,2-3,6,8-9H2,(H,16,17). The number of amides is 1. The van der Waals surface area contributed by atoms with Crippen LogP contribution in [0, 0.1) is 11.7 Å². The first kappa shape index (κ1) is 13.0. The van der Waals surface area contributed by atoms with Gasteiger partial charge in [0.1, 0.15) is 5.82 Å². The van der Waals surface area contributed by atoms with Gasteiger partial charge in [-0.25, -0.2) is 9.87 Å². The Morgan fingerprint density at radius 1 is 1.56 bits per heavy atom. The molecule has 2 rings (SSSR count). The predicted octanol–water partition coefficient (Wildman–Crippen LogP) is 1.49. The van der Waals surface area contributed by atoms with Gasteiger partial charge in [-0.05, 0) is 43.5 Å². The zero-order valence-corrected chi connectivity index (χ0v) is 10.1. The highest BCUT2D eigenvalue weighted by Gasteiger charge is 2.14. The molecule has 5 heteroatoms. The highest BCUT2D eigenvalue weighted by atomic mass is 19.1. The van der Waals surface area contributed by atoms with Gasteiger partial charge in [0, 0.05) is 12.1 Å². The van der Waals surface area contributed by atoms with Crippen molar-refractivity contribution in [3.05, 3.63) is 35.6 Å². The summed E-state index contributed by atoms with van der Waals surface area (Å²) in [6.45, 7) is 2.44. The Hall–Kier alpha value is -1.46. The monoisotopic (exact) mass is 252 g/mol. The van der Waals surface area contributed by atoms with Gasteiger partial charge < -0.3 is 5.32 Å². The molecule has 1 saturated heterocycles. The van der Waals surface area contributed by atoms with Crippen LogP contribution in [0.2, 0.25) is 0 Å². The van der Waals surface area contributed by atoms with E-state index in [9.17, 15) is 9.18 Å². The van der Waals surface area contributed by atoms with Gasteiger partial charge in [-0.3, -0.25) is 9.63 Å². The zero-order chi connectivity index (χ0) is 12.8. The molecular formula is C13H17FN2O2. The predicted molar refractivity (Wildman–Crippen MR) is 65.4 cm³/mol. The molecule has 1 unspecified atom stereocenters. The Bertz CT molecular complexity index is 406. The fourth-order valence-corrected chi connectivity index (χ4v) is 1.98. The Labute approximate surface area is 105 Å². The van der Waals surface area contributed by atoms with E-state index in [1.54, 1.807) is 6.07 Å². The fourth-order valence-electron chi connectivity index (χ4n) is 1.98. The molecule has 1 aliphatic heterocycles. The number of piperidine rings is 1. The van der Waals surface area contributed by atoms with Crippen LogP contribution in [0.25, 0.3) is 0 Å². The molecule has 98 valence electrons. The lowest BCUT2D eigenvalue weighted by Gasteiger charge is -2.22. The van der Waals surface area contributed by atoms with Crippen LogP contribution in [-0.2, 0) is 4.84 Å². The summed E-state index contributed by atoms with van der Waals surface area (Å²) in [5, 5.41) is 3.27. The van der Waals surface area contributed by atoms with E-state index in [0.717, 1.165) is 25.9 Å². The SMILES string of the molecule is O=C(NOCC1CCCNC1)c1cccc(F)c1. The summed E-state index contributed by atoms with van der Waals surface area (Å²) in [4.78, 5) is 16.8. The lowest BCUT2D eigenvalue weighted by Crippen LogP contribution is -2.35. The molecular weight excluding hydrogens is 235 g/mol. The molecule has 1 aromatic rings. The number of nitrogens with one attached hydrogen (secondary N) is 2. The van der Waals surface area contributed by atoms with Gasteiger partial charge in [-0.1, -0.05) is 6.07 Å². The number of carbonyl (C=O) groups excluding carboxylic acids is 1. The van der Waals surface area contributed by atoms with Gasteiger partial charge in [0.15, 0.2) is 0 Å². The van der Waals surface area contributed by atoms with E-state index < -0.39 is 11.7 Å². The van der Waals surface area contributed by atoms with Crippen LogP contribution in [0.1, 0.15) is 23.2 Å². The average molecular weight is 252 g/mol. The van der Waals surface area contributed by atoms with E-state index in [2.05, 4.69) is 10.8 Å². The van der Waals surface area contributed by atoms with Crippen molar-refractivity contribution >= 4 is 5.91 Å². The molecule has 18 heavy (non-hydrogen) atoms. The maximum atomic E-state index is 12.9. The number of hydrogen-bond acceptors (Lipinski definition) is 3. The van der Waals surface area contributed by atoms with Crippen molar-refractivity contribution < 1.29 is 14.0 Å². The third kappa shape index (κ3) is 3.78. The van der Waals surface area contributed by atoms with Crippen LogP contribution in [-0.4, -0.2) is 25.6 Å². The first-order valence-electron chi connectivity index (χ1n) is 6.14. The first-order chi connectivity index (χ1) is 8.75. The van der Waals surface area contributed by atoms with Crippen LogP contribution in [0.3, 0.4) is 0 Å². The summed E-state index contributed by atoms with van der Waals surface area (Å²) >= 11 is 0. The van der Waals surface area contributed by atoms with Gasteiger partial charge in [-0.15, -0.1) is 0 Å². The number of carbonyl (C=O) groups is 1. The first-order valence-corrected chi connectivity index (χ1v) is 6.14. The summed E-state index contributed by atoms with van der Waals surface area (Å²) in [5.74, 6) is -0.427. The second kappa shape index (κ2) is 6.47. The minimum Gasteiger partial charge on any atom is -0.316 e. The lowest BCUT2D eigenvalue weighted by molar-refractivity contribution is 0.0127. The van der Waals surface area contributed by atoms with Crippen LogP contribution < -0.4 is 10.8 Å². The van der Waals surface area contributed by atoms with Crippen LogP contribution in [0.15, 0.2) is 24.3 Å². The summed E-state index contributed by atoms with van der Waals surface area (Å²) in [7, 11) is 0. The Kier molecular flexibility index (Phi) is 4.66. The normalized spacial score (nSPS) is 19.5. The van der Waals surface area contributed by atoms with Crippen molar-refractivity contribution in [2.75, 3.05) is 19.7 Å². The average Bonchev–Trinajstić information content (AvgIpc) is 2.40. The van der Waals surface area contributed by atoms with Crippen LogP contribution in [0.4, 0.5) is 4.39 Å². The van der Waals surface area contributed by atoms with Gasteiger partial charge >= 0.3 is 0 Å². The molecule has 0 bridgehead atoms. The molecule has 1 amide bonds.